The molecule has 0 saturated carbocycles. The van der Waals surface area contributed by atoms with Crippen LogP contribution in [0.1, 0.15) is 16.7 Å². The van der Waals surface area contributed by atoms with Gasteiger partial charge in [-0.1, -0.05) is 17.9 Å². The topological polar surface area (TPSA) is 35.0 Å². The third-order valence-electron chi connectivity index (χ3n) is 4.46. The highest BCUT2D eigenvalue weighted by Crippen LogP contribution is 2.21. The van der Waals surface area contributed by atoms with Gasteiger partial charge in [0.15, 0.2) is 17.5 Å². The molecule has 0 saturated heterocycles. The van der Waals surface area contributed by atoms with E-state index in [-0.39, 0.29) is 5.56 Å². The van der Waals surface area contributed by atoms with E-state index >= 15 is 0 Å². The van der Waals surface area contributed by atoms with E-state index in [2.05, 4.69) is 21.8 Å². The van der Waals surface area contributed by atoms with Crippen LogP contribution in [-0.4, -0.2) is 17.1 Å². The van der Waals surface area contributed by atoms with E-state index in [0.717, 1.165) is 17.7 Å². The molecule has 1 aromatic heterocycles. The summed E-state index contributed by atoms with van der Waals surface area (Å²) in [5.41, 5.74) is 2.13. The van der Waals surface area contributed by atoms with Gasteiger partial charge in [-0.25, -0.2) is 23.1 Å². The summed E-state index contributed by atoms with van der Waals surface area (Å²) in [5, 5.41) is 1.08. The number of hydrogen-bond donors (Lipinski definition) is 0. The van der Waals surface area contributed by atoms with Crippen molar-refractivity contribution in [3.05, 3.63) is 95.1 Å². The van der Waals surface area contributed by atoms with E-state index in [0.29, 0.717) is 34.3 Å². The fourth-order valence-electron chi connectivity index (χ4n) is 2.96. The number of hydrogen-bond acceptors (Lipinski definition) is 3. The molecule has 3 nitrogen and oxygen atoms in total. The quantitative estimate of drug-likeness (QED) is 0.437. The maximum absolute atomic E-state index is 14.5. The summed E-state index contributed by atoms with van der Waals surface area (Å²) in [6, 6.07) is 11.8. The number of halogens is 3. The van der Waals surface area contributed by atoms with Gasteiger partial charge in [0.2, 0.25) is 0 Å². The van der Waals surface area contributed by atoms with E-state index < -0.39 is 17.5 Å². The second-order valence-corrected chi connectivity index (χ2v) is 6.62. The van der Waals surface area contributed by atoms with Gasteiger partial charge in [-0.15, -0.1) is 0 Å². The number of methoxy groups -OCH3 is 1. The Morgan fingerprint density at radius 3 is 2.23 bits per heavy atom. The van der Waals surface area contributed by atoms with Gasteiger partial charge in [0.1, 0.15) is 5.82 Å². The Labute approximate surface area is 171 Å². The summed E-state index contributed by atoms with van der Waals surface area (Å²) in [5.74, 6) is 3.70. The molecule has 0 aliphatic heterocycles. The first-order valence-corrected chi connectivity index (χ1v) is 9.04. The highest BCUT2D eigenvalue weighted by molar-refractivity contribution is 5.84. The molecule has 0 radical (unpaired) electrons. The molecule has 0 spiro atoms. The molecule has 0 bridgehead atoms. The summed E-state index contributed by atoms with van der Waals surface area (Å²) >= 11 is 0. The molecule has 0 N–H and O–H groups in total. The zero-order valence-electron chi connectivity index (χ0n) is 15.9. The number of aromatic nitrogens is 2. The van der Waals surface area contributed by atoms with Crippen LogP contribution < -0.4 is 0 Å². The summed E-state index contributed by atoms with van der Waals surface area (Å²) in [6.07, 6.45) is 3.26. The van der Waals surface area contributed by atoms with Crippen molar-refractivity contribution in [3.8, 4) is 23.2 Å². The maximum atomic E-state index is 14.5. The molecule has 1 heterocycles. The number of nitrogens with zero attached hydrogens (tertiary/aromatic N) is 2. The summed E-state index contributed by atoms with van der Waals surface area (Å²) in [4.78, 5) is 8.45. The smallest absolute Gasteiger partial charge is 0.159 e. The van der Waals surface area contributed by atoms with Crippen molar-refractivity contribution in [1.29, 1.82) is 0 Å². The van der Waals surface area contributed by atoms with E-state index in [1.807, 2.05) is 0 Å². The van der Waals surface area contributed by atoms with Crippen LogP contribution in [0.5, 0.6) is 0 Å². The molecule has 0 fully saturated rings. The van der Waals surface area contributed by atoms with Crippen LogP contribution in [0.15, 0.2) is 60.9 Å². The van der Waals surface area contributed by atoms with Crippen LogP contribution >= 0.6 is 0 Å². The van der Waals surface area contributed by atoms with E-state index in [4.69, 9.17) is 4.74 Å². The minimum absolute atomic E-state index is 0.208. The third-order valence-corrected chi connectivity index (χ3v) is 4.46. The van der Waals surface area contributed by atoms with Gasteiger partial charge in [0, 0.05) is 36.2 Å². The first kappa shape index (κ1) is 19.6. The number of benzene rings is 3. The monoisotopic (exact) mass is 404 g/mol. The molecule has 0 aliphatic carbocycles. The molecule has 6 heteroatoms. The average Bonchev–Trinajstić information content (AvgIpc) is 2.74. The van der Waals surface area contributed by atoms with E-state index in [1.165, 1.54) is 6.07 Å². The summed E-state index contributed by atoms with van der Waals surface area (Å²) in [6.45, 7) is 0.402. The maximum Gasteiger partial charge on any atom is 0.159 e. The predicted octanol–water partition coefficient (Wildman–Crippen LogP) is 5.26. The molecule has 148 valence electrons. The molecular weight excluding hydrogens is 389 g/mol. The third kappa shape index (κ3) is 4.17. The fourth-order valence-corrected chi connectivity index (χ4v) is 2.96. The minimum Gasteiger partial charge on any atom is -0.380 e. The average molecular weight is 404 g/mol. The standard InChI is InChI=1S/C24H15F3N2O/c1-30-14-16-12-28-24(29-13-16)19-7-6-17(21(25)10-19)4-2-15-3-5-18-9-22(26)23(27)11-20(18)8-15/h3,5-13H,14H2,1H3. The number of rotatable bonds is 3. The summed E-state index contributed by atoms with van der Waals surface area (Å²) < 4.78 is 46.3. The van der Waals surface area contributed by atoms with Crippen molar-refractivity contribution in [2.45, 2.75) is 6.61 Å². The Kier molecular flexibility index (Phi) is 5.46. The van der Waals surface area contributed by atoms with Crippen molar-refractivity contribution in [2.24, 2.45) is 0 Å². The van der Waals surface area contributed by atoms with Crippen LogP contribution in [0, 0.1) is 29.3 Å². The molecule has 0 amide bonds. The zero-order chi connectivity index (χ0) is 21.1. The highest BCUT2D eigenvalue weighted by atomic mass is 19.2. The molecular formula is C24H15F3N2O. The van der Waals surface area contributed by atoms with Crippen LogP contribution in [0.25, 0.3) is 22.2 Å². The lowest BCUT2D eigenvalue weighted by Crippen LogP contribution is -1.95. The minimum atomic E-state index is -0.924. The lowest BCUT2D eigenvalue weighted by atomic mass is 10.1. The number of fused-ring (bicyclic) bond motifs is 1. The Balaban J connectivity index is 1.59. The SMILES string of the molecule is COCc1cnc(-c2ccc(C#Cc3ccc4cc(F)c(F)cc4c3)c(F)c2)nc1. The second kappa shape index (κ2) is 8.36. The van der Waals surface area contributed by atoms with Crippen molar-refractivity contribution in [3.63, 3.8) is 0 Å². The van der Waals surface area contributed by atoms with Gasteiger partial charge in [-0.05, 0) is 53.2 Å². The first-order chi connectivity index (χ1) is 14.5. The van der Waals surface area contributed by atoms with Gasteiger partial charge in [-0.3, -0.25) is 0 Å². The molecule has 0 unspecified atom stereocenters. The van der Waals surface area contributed by atoms with Gasteiger partial charge < -0.3 is 4.74 Å². The molecule has 3 aromatic carbocycles. The molecule has 4 aromatic rings. The van der Waals surface area contributed by atoms with E-state index in [1.54, 1.807) is 49.8 Å². The van der Waals surface area contributed by atoms with Crippen LogP contribution in [-0.2, 0) is 11.3 Å². The lowest BCUT2D eigenvalue weighted by molar-refractivity contribution is 0.184. The van der Waals surface area contributed by atoms with Crippen LogP contribution in [0.2, 0.25) is 0 Å². The van der Waals surface area contributed by atoms with Gasteiger partial charge in [-0.2, -0.15) is 0 Å². The predicted molar refractivity (Wildman–Crippen MR) is 108 cm³/mol. The van der Waals surface area contributed by atoms with E-state index in [9.17, 15) is 13.2 Å². The van der Waals surface area contributed by atoms with Gasteiger partial charge in [0.05, 0.1) is 12.2 Å². The van der Waals surface area contributed by atoms with Gasteiger partial charge >= 0.3 is 0 Å². The highest BCUT2D eigenvalue weighted by Gasteiger charge is 2.07. The molecule has 0 aliphatic rings. The zero-order valence-corrected chi connectivity index (χ0v) is 15.9. The molecule has 4 rings (SSSR count). The van der Waals surface area contributed by atoms with Crippen LogP contribution in [0.3, 0.4) is 0 Å². The second-order valence-electron chi connectivity index (χ2n) is 6.62. The number of ether oxygens (including phenoxy) is 1. The lowest BCUT2D eigenvalue weighted by Gasteiger charge is -2.03. The van der Waals surface area contributed by atoms with Crippen molar-refractivity contribution in [2.75, 3.05) is 7.11 Å². The largest absolute Gasteiger partial charge is 0.380 e. The fraction of sp³-hybridized carbons (Fsp3) is 0.0833. The van der Waals surface area contributed by atoms with Crippen molar-refractivity contribution < 1.29 is 17.9 Å². The van der Waals surface area contributed by atoms with Crippen molar-refractivity contribution in [1.82, 2.24) is 9.97 Å². The Morgan fingerprint density at radius 2 is 1.53 bits per heavy atom. The Bertz CT molecular complexity index is 1290. The van der Waals surface area contributed by atoms with Crippen molar-refractivity contribution >= 4 is 10.8 Å². The Morgan fingerprint density at radius 1 is 0.800 bits per heavy atom. The molecule has 0 atom stereocenters. The first-order valence-electron chi connectivity index (χ1n) is 9.04. The van der Waals surface area contributed by atoms with Crippen LogP contribution in [0.4, 0.5) is 13.2 Å². The molecule has 30 heavy (non-hydrogen) atoms. The van der Waals surface area contributed by atoms with Gasteiger partial charge in [0.25, 0.3) is 0 Å². The summed E-state index contributed by atoms with van der Waals surface area (Å²) in [7, 11) is 1.58. The normalized spacial score (nSPS) is 10.7. The Hall–Kier alpha value is -3.69.